The first-order valence-electron chi connectivity index (χ1n) is 10.2. The normalized spacial score (nSPS) is 16.9. The van der Waals surface area contributed by atoms with E-state index in [1.165, 1.54) is 16.7 Å². The lowest BCUT2D eigenvalue weighted by molar-refractivity contribution is -0.146. The predicted octanol–water partition coefficient (Wildman–Crippen LogP) is 3.08. The molecule has 2 aromatic carbocycles. The molecular formula is C23H26N2O5S. The second-order valence-corrected chi connectivity index (χ2v) is 8.39. The Morgan fingerprint density at radius 2 is 1.90 bits per heavy atom. The molecule has 0 spiro atoms. The molecule has 1 amide bonds. The van der Waals surface area contributed by atoms with Gasteiger partial charge in [0.25, 0.3) is 0 Å². The SMILES string of the molecule is CCOC(=O)[C@H](CCc1ccccc1)NC1CC(=O)N(CC(=O)O)c2ccccc2S1. The number of fused-ring (bicyclic) bond motifs is 1. The van der Waals surface area contributed by atoms with Gasteiger partial charge in [0, 0.05) is 4.90 Å². The molecule has 7 nitrogen and oxygen atoms in total. The Balaban J connectivity index is 1.78. The van der Waals surface area contributed by atoms with Crippen LogP contribution < -0.4 is 10.2 Å². The van der Waals surface area contributed by atoms with Crippen LogP contribution in [0.5, 0.6) is 0 Å². The van der Waals surface area contributed by atoms with Gasteiger partial charge in [0.2, 0.25) is 5.91 Å². The molecule has 3 rings (SSSR count). The Kier molecular flexibility index (Phi) is 8.08. The summed E-state index contributed by atoms with van der Waals surface area (Å²) >= 11 is 1.42. The number of ether oxygens (including phenoxy) is 1. The molecule has 0 saturated carbocycles. The van der Waals surface area contributed by atoms with Gasteiger partial charge in [-0.2, -0.15) is 0 Å². The number of hydrogen-bond donors (Lipinski definition) is 2. The maximum atomic E-state index is 12.9. The van der Waals surface area contributed by atoms with Gasteiger partial charge in [0.1, 0.15) is 12.6 Å². The number of esters is 1. The van der Waals surface area contributed by atoms with E-state index >= 15 is 0 Å². The molecule has 0 fully saturated rings. The van der Waals surface area contributed by atoms with Crippen molar-refractivity contribution in [3.05, 3.63) is 60.2 Å². The molecule has 0 bridgehead atoms. The van der Waals surface area contributed by atoms with Crippen molar-refractivity contribution in [2.75, 3.05) is 18.1 Å². The van der Waals surface area contributed by atoms with Crippen molar-refractivity contribution < 1.29 is 24.2 Å². The lowest BCUT2D eigenvalue weighted by Crippen LogP contribution is -2.45. The number of para-hydroxylation sites is 1. The largest absolute Gasteiger partial charge is 0.480 e. The molecule has 0 aliphatic carbocycles. The molecule has 1 aliphatic rings. The van der Waals surface area contributed by atoms with Crippen LogP contribution >= 0.6 is 11.8 Å². The van der Waals surface area contributed by atoms with Gasteiger partial charge in [-0.3, -0.25) is 24.6 Å². The average molecular weight is 443 g/mol. The van der Waals surface area contributed by atoms with Gasteiger partial charge < -0.3 is 9.84 Å². The summed E-state index contributed by atoms with van der Waals surface area (Å²) in [6, 6.07) is 16.5. The maximum absolute atomic E-state index is 12.9. The molecule has 0 saturated heterocycles. The number of anilines is 1. The van der Waals surface area contributed by atoms with Crippen molar-refractivity contribution in [3.8, 4) is 0 Å². The second kappa shape index (κ2) is 11.0. The van der Waals surface area contributed by atoms with Gasteiger partial charge >= 0.3 is 11.9 Å². The summed E-state index contributed by atoms with van der Waals surface area (Å²) in [5.74, 6) is -1.73. The van der Waals surface area contributed by atoms with Crippen molar-refractivity contribution >= 4 is 35.3 Å². The zero-order valence-electron chi connectivity index (χ0n) is 17.3. The topological polar surface area (TPSA) is 95.9 Å². The smallest absolute Gasteiger partial charge is 0.323 e. The monoisotopic (exact) mass is 442 g/mol. The van der Waals surface area contributed by atoms with Crippen molar-refractivity contribution in [2.45, 2.75) is 42.5 Å². The highest BCUT2D eigenvalue weighted by molar-refractivity contribution is 8.00. The van der Waals surface area contributed by atoms with Gasteiger partial charge in [0.05, 0.1) is 24.1 Å². The van der Waals surface area contributed by atoms with E-state index in [0.717, 1.165) is 10.5 Å². The summed E-state index contributed by atoms with van der Waals surface area (Å²) < 4.78 is 5.25. The fourth-order valence-electron chi connectivity index (χ4n) is 3.47. The summed E-state index contributed by atoms with van der Waals surface area (Å²) in [6.07, 6.45) is 1.27. The number of nitrogens with zero attached hydrogens (tertiary/aromatic N) is 1. The molecule has 2 aromatic rings. The minimum Gasteiger partial charge on any atom is -0.480 e. The summed E-state index contributed by atoms with van der Waals surface area (Å²) in [4.78, 5) is 38.8. The Morgan fingerprint density at radius 1 is 1.19 bits per heavy atom. The number of carboxylic acid groups (broad SMARTS) is 1. The number of thioether (sulfide) groups is 1. The van der Waals surface area contributed by atoms with E-state index in [2.05, 4.69) is 5.32 Å². The van der Waals surface area contributed by atoms with Gasteiger partial charge in [-0.25, -0.2) is 0 Å². The number of amides is 1. The first kappa shape index (κ1) is 22.8. The van der Waals surface area contributed by atoms with Crippen molar-refractivity contribution in [3.63, 3.8) is 0 Å². The van der Waals surface area contributed by atoms with E-state index in [0.29, 0.717) is 18.5 Å². The fraction of sp³-hybridized carbons (Fsp3) is 0.348. The van der Waals surface area contributed by atoms with E-state index in [4.69, 9.17) is 4.74 Å². The Labute approximate surface area is 185 Å². The van der Waals surface area contributed by atoms with Crippen LogP contribution in [0.2, 0.25) is 0 Å². The van der Waals surface area contributed by atoms with Crippen LogP contribution in [0.15, 0.2) is 59.5 Å². The summed E-state index contributed by atoms with van der Waals surface area (Å²) in [6.45, 7) is 1.63. The minimum atomic E-state index is -1.08. The highest BCUT2D eigenvalue weighted by atomic mass is 32.2. The van der Waals surface area contributed by atoms with Crippen LogP contribution in [0.25, 0.3) is 0 Å². The first-order chi connectivity index (χ1) is 15.0. The standard InChI is InChI=1S/C23H26N2O5S/c1-2-30-23(29)17(13-12-16-8-4-3-5-9-16)24-20-14-21(26)25(15-22(27)28)18-10-6-7-11-19(18)31-20/h3-11,17,20,24H,2,12-15H2,1H3,(H,27,28)/t17-,20?/m0/s1. The van der Waals surface area contributed by atoms with Crippen LogP contribution in [0.4, 0.5) is 5.69 Å². The third-order valence-corrected chi connectivity index (χ3v) is 6.09. The number of carbonyl (C=O) groups excluding carboxylic acids is 2. The third-order valence-electron chi connectivity index (χ3n) is 4.90. The lowest BCUT2D eigenvalue weighted by atomic mass is 10.1. The quantitative estimate of drug-likeness (QED) is 0.576. The number of rotatable bonds is 9. The summed E-state index contributed by atoms with van der Waals surface area (Å²) in [7, 11) is 0. The predicted molar refractivity (Wildman–Crippen MR) is 119 cm³/mol. The number of aryl methyl sites for hydroxylation is 1. The van der Waals surface area contributed by atoms with Crippen molar-refractivity contribution in [2.24, 2.45) is 0 Å². The summed E-state index contributed by atoms with van der Waals surface area (Å²) in [5, 5.41) is 12.1. The number of nitrogens with one attached hydrogen (secondary N) is 1. The zero-order valence-corrected chi connectivity index (χ0v) is 18.1. The van der Waals surface area contributed by atoms with Gasteiger partial charge in [-0.1, -0.05) is 42.5 Å². The first-order valence-corrected chi connectivity index (χ1v) is 11.1. The minimum absolute atomic E-state index is 0.0634. The van der Waals surface area contributed by atoms with E-state index in [-0.39, 0.29) is 24.9 Å². The molecule has 31 heavy (non-hydrogen) atoms. The Morgan fingerprint density at radius 3 is 2.61 bits per heavy atom. The van der Waals surface area contributed by atoms with E-state index in [1.54, 1.807) is 19.1 Å². The molecule has 164 valence electrons. The van der Waals surface area contributed by atoms with Crippen LogP contribution in [-0.2, 0) is 25.5 Å². The molecule has 1 unspecified atom stereocenters. The fourth-order valence-corrected chi connectivity index (χ4v) is 4.69. The molecule has 8 heteroatoms. The van der Waals surface area contributed by atoms with Gasteiger partial charge in [0.15, 0.2) is 0 Å². The Bertz CT molecular complexity index is 921. The van der Waals surface area contributed by atoms with E-state index in [9.17, 15) is 19.5 Å². The highest BCUT2D eigenvalue weighted by Gasteiger charge is 2.32. The molecule has 0 radical (unpaired) electrons. The van der Waals surface area contributed by atoms with E-state index in [1.807, 2.05) is 42.5 Å². The van der Waals surface area contributed by atoms with Crippen molar-refractivity contribution in [1.82, 2.24) is 5.32 Å². The van der Waals surface area contributed by atoms with Gasteiger partial charge in [-0.15, -0.1) is 11.8 Å². The third kappa shape index (κ3) is 6.32. The van der Waals surface area contributed by atoms with Crippen LogP contribution in [0.3, 0.4) is 0 Å². The number of benzene rings is 2. The Hall–Kier alpha value is -2.84. The van der Waals surface area contributed by atoms with Crippen LogP contribution in [0, 0.1) is 0 Å². The maximum Gasteiger partial charge on any atom is 0.323 e. The molecule has 2 atom stereocenters. The number of carbonyl (C=O) groups is 3. The molecule has 1 heterocycles. The average Bonchev–Trinajstić information content (AvgIpc) is 2.88. The number of hydrogen-bond acceptors (Lipinski definition) is 6. The lowest BCUT2D eigenvalue weighted by Gasteiger charge is -2.23. The molecule has 2 N–H and O–H groups in total. The van der Waals surface area contributed by atoms with Gasteiger partial charge in [-0.05, 0) is 37.5 Å². The highest BCUT2D eigenvalue weighted by Crippen LogP contribution is 2.37. The number of aliphatic carboxylic acids is 1. The number of carboxylic acids is 1. The molecule has 1 aliphatic heterocycles. The van der Waals surface area contributed by atoms with E-state index < -0.39 is 23.9 Å². The van der Waals surface area contributed by atoms with Crippen LogP contribution in [0.1, 0.15) is 25.3 Å². The molecular weight excluding hydrogens is 416 g/mol. The molecule has 0 aromatic heterocycles. The summed E-state index contributed by atoms with van der Waals surface area (Å²) in [5.41, 5.74) is 1.68. The zero-order chi connectivity index (χ0) is 22.2. The van der Waals surface area contributed by atoms with Crippen molar-refractivity contribution in [1.29, 1.82) is 0 Å². The van der Waals surface area contributed by atoms with Crippen LogP contribution in [-0.4, -0.2) is 47.5 Å². The second-order valence-electron chi connectivity index (χ2n) is 7.15.